The van der Waals surface area contributed by atoms with Gasteiger partial charge in [-0.1, -0.05) is 19.3 Å². The monoisotopic (exact) mass is 249 g/mol. The fourth-order valence-corrected chi connectivity index (χ4v) is 3.53. The van der Waals surface area contributed by atoms with Crippen LogP contribution in [0, 0.1) is 11.3 Å². The number of nitrogens with zero attached hydrogens (tertiary/aromatic N) is 2. The van der Waals surface area contributed by atoms with Crippen molar-refractivity contribution in [2.75, 3.05) is 26.7 Å². The Kier molecular flexibility index (Phi) is 3.49. The lowest BCUT2D eigenvalue weighted by molar-refractivity contribution is 0.151. The Morgan fingerprint density at radius 3 is 2.72 bits per heavy atom. The Hall–Kier alpha value is -0.730. The standard InChI is InChI=1S/C15H27N3/c1-16-14(17-10-2-4-13-5-6-13)18-11-9-15(12-18)7-3-8-15/h13H,2-12H2,1H3,(H,16,17). The van der Waals surface area contributed by atoms with Gasteiger partial charge in [0, 0.05) is 26.7 Å². The predicted molar refractivity (Wildman–Crippen MR) is 75.8 cm³/mol. The van der Waals surface area contributed by atoms with E-state index in [2.05, 4.69) is 15.2 Å². The third-order valence-electron chi connectivity index (χ3n) is 5.13. The summed E-state index contributed by atoms with van der Waals surface area (Å²) in [5.41, 5.74) is 0.672. The van der Waals surface area contributed by atoms with E-state index in [9.17, 15) is 0 Å². The first-order valence-electron chi connectivity index (χ1n) is 7.77. The lowest BCUT2D eigenvalue weighted by Gasteiger charge is -2.38. The van der Waals surface area contributed by atoms with Crippen LogP contribution >= 0.6 is 0 Å². The van der Waals surface area contributed by atoms with Crippen molar-refractivity contribution >= 4 is 5.96 Å². The van der Waals surface area contributed by atoms with Gasteiger partial charge in [-0.05, 0) is 43.4 Å². The van der Waals surface area contributed by atoms with Gasteiger partial charge < -0.3 is 10.2 Å². The minimum atomic E-state index is 0.672. The normalized spacial score (nSPS) is 26.5. The van der Waals surface area contributed by atoms with Crippen molar-refractivity contribution in [3.8, 4) is 0 Å². The minimum Gasteiger partial charge on any atom is -0.356 e. The fourth-order valence-electron chi connectivity index (χ4n) is 3.53. The summed E-state index contributed by atoms with van der Waals surface area (Å²) in [6.07, 6.45) is 11.4. The zero-order valence-corrected chi connectivity index (χ0v) is 11.7. The van der Waals surface area contributed by atoms with Crippen molar-refractivity contribution in [3.63, 3.8) is 0 Å². The molecule has 0 aromatic rings. The van der Waals surface area contributed by atoms with Gasteiger partial charge in [-0.3, -0.25) is 4.99 Å². The molecule has 3 aliphatic rings. The first-order valence-corrected chi connectivity index (χ1v) is 7.77. The van der Waals surface area contributed by atoms with Crippen LogP contribution in [0.5, 0.6) is 0 Å². The topological polar surface area (TPSA) is 27.6 Å². The Labute approximate surface area is 111 Å². The lowest BCUT2D eigenvalue weighted by Crippen LogP contribution is -2.42. The van der Waals surface area contributed by atoms with Gasteiger partial charge >= 0.3 is 0 Å². The zero-order chi connectivity index (χ0) is 12.4. The molecule has 2 saturated carbocycles. The van der Waals surface area contributed by atoms with E-state index in [0.29, 0.717) is 5.41 Å². The third-order valence-corrected chi connectivity index (χ3v) is 5.13. The van der Waals surface area contributed by atoms with Crippen molar-refractivity contribution in [2.45, 2.75) is 51.4 Å². The largest absolute Gasteiger partial charge is 0.356 e. The number of hydrogen-bond acceptors (Lipinski definition) is 1. The van der Waals surface area contributed by atoms with Crippen LogP contribution in [0.15, 0.2) is 4.99 Å². The number of nitrogens with one attached hydrogen (secondary N) is 1. The van der Waals surface area contributed by atoms with Crippen molar-refractivity contribution in [3.05, 3.63) is 0 Å². The van der Waals surface area contributed by atoms with Gasteiger partial charge in [-0.15, -0.1) is 0 Å². The lowest BCUT2D eigenvalue weighted by atomic mass is 9.68. The average Bonchev–Trinajstić information content (AvgIpc) is 3.04. The highest BCUT2D eigenvalue weighted by molar-refractivity contribution is 5.80. The van der Waals surface area contributed by atoms with Gasteiger partial charge in [0.15, 0.2) is 5.96 Å². The summed E-state index contributed by atoms with van der Waals surface area (Å²) in [7, 11) is 1.93. The van der Waals surface area contributed by atoms with Crippen molar-refractivity contribution < 1.29 is 0 Å². The van der Waals surface area contributed by atoms with Gasteiger partial charge in [0.25, 0.3) is 0 Å². The molecule has 0 unspecified atom stereocenters. The number of rotatable bonds is 4. The molecule has 1 heterocycles. The second kappa shape index (κ2) is 5.10. The second-order valence-electron chi connectivity index (χ2n) is 6.58. The second-order valence-corrected chi connectivity index (χ2v) is 6.58. The first kappa shape index (κ1) is 12.3. The van der Waals surface area contributed by atoms with Crippen molar-refractivity contribution in [1.29, 1.82) is 0 Å². The van der Waals surface area contributed by atoms with Gasteiger partial charge in [-0.2, -0.15) is 0 Å². The van der Waals surface area contributed by atoms with Gasteiger partial charge in [0.05, 0.1) is 0 Å². The molecule has 0 aromatic heterocycles. The SMILES string of the molecule is CN=C(NCCCC1CC1)N1CCC2(CCC2)C1. The van der Waals surface area contributed by atoms with E-state index in [0.717, 1.165) is 18.4 Å². The molecular formula is C15H27N3. The van der Waals surface area contributed by atoms with E-state index in [-0.39, 0.29) is 0 Å². The first-order chi connectivity index (χ1) is 8.81. The van der Waals surface area contributed by atoms with Crippen LogP contribution in [0.3, 0.4) is 0 Å². The van der Waals surface area contributed by atoms with E-state index in [1.54, 1.807) is 0 Å². The molecule has 0 atom stereocenters. The smallest absolute Gasteiger partial charge is 0.193 e. The molecular weight excluding hydrogens is 222 g/mol. The maximum absolute atomic E-state index is 4.46. The summed E-state index contributed by atoms with van der Waals surface area (Å²) in [4.78, 5) is 6.94. The van der Waals surface area contributed by atoms with Crippen LogP contribution in [0.2, 0.25) is 0 Å². The van der Waals surface area contributed by atoms with Crippen LogP contribution in [0.25, 0.3) is 0 Å². The third kappa shape index (κ3) is 2.65. The maximum Gasteiger partial charge on any atom is 0.193 e. The summed E-state index contributed by atoms with van der Waals surface area (Å²) in [6, 6.07) is 0. The molecule has 1 aliphatic heterocycles. The number of guanidine groups is 1. The van der Waals surface area contributed by atoms with E-state index >= 15 is 0 Å². The number of hydrogen-bond donors (Lipinski definition) is 1. The predicted octanol–water partition coefficient (Wildman–Crippen LogP) is 2.63. The molecule has 1 N–H and O–H groups in total. The van der Waals surface area contributed by atoms with Crippen LogP contribution in [-0.4, -0.2) is 37.5 Å². The highest BCUT2D eigenvalue weighted by Crippen LogP contribution is 2.47. The molecule has 0 bridgehead atoms. The average molecular weight is 249 g/mol. The molecule has 1 saturated heterocycles. The van der Waals surface area contributed by atoms with E-state index < -0.39 is 0 Å². The van der Waals surface area contributed by atoms with Crippen molar-refractivity contribution in [1.82, 2.24) is 10.2 Å². The molecule has 3 heteroatoms. The molecule has 3 rings (SSSR count). The Morgan fingerprint density at radius 2 is 2.17 bits per heavy atom. The summed E-state index contributed by atoms with van der Waals surface area (Å²) in [6.45, 7) is 3.56. The molecule has 3 nitrogen and oxygen atoms in total. The van der Waals surface area contributed by atoms with Gasteiger partial charge in [0.1, 0.15) is 0 Å². The summed E-state index contributed by atoms with van der Waals surface area (Å²) in [5, 5.41) is 3.56. The molecule has 0 radical (unpaired) electrons. The molecule has 1 spiro atoms. The summed E-state index contributed by atoms with van der Waals surface area (Å²) < 4.78 is 0. The molecule has 2 aliphatic carbocycles. The number of likely N-dealkylation sites (tertiary alicyclic amines) is 1. The molecule has 0 amide bonds. The van der Waals surface area contributed by atoms with E-state index in [4.69, 9.17) is 0 Å². The maximum atomic E-state index is 4.46. The molecule has 102 valence electrons. The van der Waals surface area contributed by atoms with Crippen LogP contribution in [0.4, 0.5) is 0 Å². The Morgan fingerprint density at radius 1 is 1.33 bits per heavy atom. The van der Waals surface area contributed by atoms with Crippen LogP contribution in [0.1, 0.15) is 51.4 Å². The Bertz CT molecular complexity index is 316. The number of aliphatic imine (C=N–C) groups is 1. The zero-order valence-electron chi connectivity index (χ0n) is 11.7. The summed E-state index contributed by atoms with van der Waals surface area (Å²) in [5.74, 6) is 2.20. The van der Waals surface area contributed by atoms with E-state index in [1.165, 1.54) is 64.5 Å². The fraction of sp³-hybridized carbons (Fsp3) is 0.933. The molecule has 18 heavy (non-hydrogen) atoms. The Balaban J connectivity index is 1.41. The van der Waals surface area contributed by atoms with Crippen molar-refractivity contribution in [2.24, 2.45) is 16.3 Å². The van der Waals surface area contributed by atoms with Gasteiger partial charge in [0.2, 0.25) is 0 Å². The minimum absolute atomic E-state index is 0.672. The quantitative estimate of drug-likeness (QED) is 0.471. The highest BCUT2D eigenvalue weighted by atomic mass is 15.3. The van der Waals surface area contributed by atoms with Crippen LogP contribution < -0.4 is 5.32 Å². The molecule has 3 fully saturated rings. The summed E-state index contributed by atoms with van der Waals surface area (Å²) >= 11 is 0. The van der Waals surface area contributed by atoms with Gasteiger partial charge in [-0.25, -0.2) is 0 Å². The molecule has 0 aromatic carbocycles. The highest BCUT2D eigenvalue weighted by Gasteiger charge is 2.43. The van der Waals surface area contributed by atoms with E-state index in [1.807, 2.05) is 7.05 Å². The van der Waals surface area contributed by atoms with Crippen LogP contribution in [-0.2, 0) is 0 Å².